The predicted molar refractivity (Wildman–Crippen MR) is 90.5 cm³/mol. The highest BCUT2D eigenvalue weighted by Crippen LogP contribution is 2.38. The maximum atomic E-state index is 12.8. The second kappa shape index (κ2) is 7.00. The number of aromatic nitrogens is 1. The van der Waals surface area contributed by atoms with Gasteiger partial charge >= 0.3 is 27.7 Å². The summed E-state index contributed by atoms with van der Waals surface area (Å²) in [4.78, 5) is 24.8. The van der Waals surface area contributed by atoms with Crippen LogP contribution < -0.4 is 4.18 Å². The molecule has 0 aliphatic carbocycles. The van der Waals surface area contributed by atoms with Gasteiger partial charge in [0.2, 0.25) is 0 Å². The number of benzene rings is 1. The van der Waals surface area contributed by atoms with E-state index in [1.165, 1.54) is 45.0 Å². The number of para-hydroxylation sites is 1. The molecule has 0 unspecified atom stereocenters. The van der Waals surface area contributed by atoms with E-state index in [0.29, 0.717) is 4.57 Å². The zero-order chi connectivity index (χ0) is 21.5. The van der Waals surface area contributed by atoms with Gasteiger partial charge in [-0.25, -0.2) is 14.2 Å². The minimum Gasteiger partial charge on any atom is -0.464 e. The summed E-state index contributed by atoms with van der Waals surface area (Å²) in [6, 6.07) is 5.24. The zero-order valence-corrected chi connectivity index (χ0v) is 16.0. The summed E-state index contributed by atoms with van der Waals surface area (Å²) in [7, 11) is -5.22. The largest absolute Gasteiger partial charge is 0.534 e. The van der Waals surface area contributed by atoms with Gasteiger partial charge in [0.1, 0.15) is 5.60 Å². The molecule has 1 heterocycles. The molecule has 0 atom stereocenters. The maximum Gasteiger partial charge on any atom is 0.534 e. The monoisotopic (exact) mass is 423 g/mol. The van der Waals surface area contributed by atoms with Crippen molar-refractivity contribution in [1.29, 1.82) is 0 Å². The third kappa shape index (κ3) is 4.06. The Hall–Kier alpha value is -2.76. The minimum atomic E-state index is -6.13. The molecule has 12 heteroatoms. The number of carbonyl (C=O) groups excluding carboxylic acids is 2. The lowest BCUT2D eigenvalue weighted by atomic mass is 10.2. The SMILES string of the molecule is COC(=O)c1c(OS(=O)(=O)C(F)(F)F)c2ccccc2n1C(=O)OC(C)(C)C. The smallest absolute Gasteiger partial charge is 0.464 e. The number of hydrogen-bond donors (Lipinski definition) is 0. The van der Waals surface area contributed by atoms with Crippen LogP contribution in [0.5, 0.6) is 5.75 Å². The van der Waals surface area contributed by atoms with Gasteiger partial charge in [0.05, 0.1) is 12.6 Å². The van der Waals surface area contributed by atoms with Gasteiger partial charge in [0.15, 0.2) is 11.4 Å². The summed E-state index contributed by atoms with van der Waals surface area (Å²) in [5, 5.41) is -0.235. The molecule has 0 aliphatic rings. The van der Waals surface area contributed by atoms with E-state index in [0.717, 1.165) is 7.11 Å². The molecule has 0 amide bonds. The number of fused-ring (bicyclic) bond motifs is 1. The first kappa shape index (κ1) is 21.5. The van der Waals surface area contributed by atoms with E-state index in [4.69, 9.17) is 4.74 Å². The Kier molecular flexibility index (Phi) is 5.39. The quantitative estimate of drug-likeness (QED) is 0.423. The molecule has 0 saturated carbocycles. The normalized spacial score (nSPS) is 12.7. The van der Waals surface area contributed by atoms with Gasteiger partial charge in [-0.1, -0.05) is 12.1 Å². The van der Waals surface area contributed by atoms with Gasteiger partial charge in [-0.05, 0) is 32.9 Å². The Balaban J connectivity index is 2.84. The van der Waals surface area contributed by atoms with Crippen LogP contribution in [0.15, 0.2) is 24.3 Å². The lowest BCUT2D eigenvalue weighted by Crippen LogP contribution is -2.30. The van der Waals surface area contributed by atoms with Crippen LogP contribution in [-0.2, 0) is 19.6 Å². The van der Waals surface area contributed by atoms with Gasteiger partial charge in [0.25, 0.3) is 0 Å². The van der Waals surface area contributed by atoms with E-state index in [9.17, 15) is 31.2 Å². The molecule has 2 aromatic rings. The molecule has 2 rings (SSSR count). The van der Waals surface area contributed by atoms with E-state index < -0.39 is 44.7 Å². The fourth-order valence-corrected chi connectivity index (χ4v) is 2.71. The Labute approximate surface area is 157 Å². The first-order valence-electron chi connectivity index (χ1n) is 7.65. The molecule has 0 fully saturated rings. The number of halogens is 3. The van der Waals surface area contributed by atoms with Crippen LogP contribution in [0, 0.1) is 0 Å². The van der Waals surface area contributed by atoms with Crippen LogP contribution in [0.2, 0.25) is 0 Å². The van der Waals surface area contributed by atoms with Crippen LogP contribution in [0.25, 0.3) is 10.9 Å². The summed E-state index contributed by atoms with van der Waals surface area (Å²) >= 11 is 0. The average Bonchev–Trinajstić information content (AvgIpc) is 2.85. The molecular formula is C16H16F3NO7S. The van der Waals surface area contributed by atoms with Crippen molar-refractivity contribution >= 4 is 33.1 Å². The van der Waals surface area contributed by atoms with Crippen molar-refractivity contribution in [3.05, 3.63) is 30.0 Å². The molecule has 0 aliphatic heterocycles. The van der Waals surface area contributed by atoms with E-state index in [-0.39, 0.29) is 10.9 Å². The Bertz CT molecular complexity index is 1030. The van der Waals surface area contributed by atoms with E-state index in [2.05, 4.69) is 8.92 Å². The second-order valence-electron chi connectivity index (χ2n) is 6.49. The van der Waals surface area contributed by atoms with Crippen molar-refractivity contribution in [2.45, 2.75) is 31.9 Å². The standard InChI is InChI=1S/C16H16F3NO7S/c1-15(2,3)26-14(22)20-10-8-6-5-7-9(10)12(11(20)13(21)25-4)27-28(23,24)16(17,18)19/h5-8H,1-4H3. The van der Waals surface area contributed by atoms with Gasteiger partial charge in [-0.15, -0.1) is 0 Å². The Morgan fingerprint density at radius 1 is 1.07 bits per heavy atom. The molecule has 28 heavy (non-hydrogen) atoms. The number of esters is 1. The highest BCUT2D eigenvalue weighted by atomic mass is 32.2. The molecule has 0 bridgehead atoms. The van der Waals surface area contributed by atoms with Crippen molar-refractivity contribution < 1.29 is 44.8 Å². The lowest BCUT2D eigenvalue weighted by Gasteiger charge is -2.20. The highest BCUT2D eigenvalue weighted by molar-refractivity contribution is 7.88. The maximum absolute atomic E-state index is 12.8. The molecule has 0 saturated heterocycles. The summed E-state index contributed by atoms with van der Waals surface area (Å²) in [5.74, 6) is -2.29. The first-order valence-corrected chi connectivity index (χ1v) is 9.06. The van der Waals surface area contributed by atoms with E-state index in [1.54, 1.807) is 0 Å². The molecule has 0 radical (unpaired) electrons. The number of methoxy groups -OCH3 is 1. The number of alkyl halides is 3. The minimum absolute atomic E-state index is 0.107. The van der Waals surface area contributed by atoms with Crippen LogP contribution in [-0.4, -0.2) is 43.3 Å². The summed E-state index contributed by atoms with van der Waals surface area (Å²) in [5.41, 5.74) is -7.74. The molecule has 0 N–H and O–H groups in total. The fourth-order valence-electron chi connectivity index (χ4n) is 2.23. The molecule has 154 valence electrons. The number of rotatable bonds is 3. The molecular weight excluding hydrogens is 407 g/mol. The molecule has 0 spiro atoms. The highest BCUT2D eigenvalue weighted by Gasteiger charge is 2.50. The van der Waals surface area contributed by atoms with Crippen LogP contribution in [0.3, 0.4) is 0 Å². The molecule has 8 nitrogen and oxygen atoms in total. The fraction of sp³-hybridized carbons (Fsp3) is 0.375. The van der Waals surface area contributed by atoms with Crippen molar-refractivity contribution in [3.8, 4) is 5.75 Å². The number of hydrogen-bond acceptors (Lipinski definition) is 7. The predicted octanol–water partition coefficient (Wildman–Crippen LogP) is 3.44. The molecule has 1 aromatic carbocycles. The first-order chi connectivity index (χ1) is 12.7. The topological polar surface area (TPSA) is 101 Å². The summed E-state index contributed by atoms with van der Waals surface area (Å²) in [6.07, 6.45) is -1.14. The molecule has 1 aromatic heterocycles. The van der Waals surface area contributed by atoms with Crippen LogP contribution in [0.4, 0.5) is 18.0 Å². The zero-order valence-electron chi connectivity index (χ0n) is 15.2. The Morgan fingerprint density at radius 2 is 1.64 bits per heavy atom. The Morgan fingerprint density at radius 3 is 2.14 bits per heavy atom. The third-order valence-electron chi connectivity index (χ3n) is 3.26. The van der Waals surface area contributed by atoms with E-state index >= 15 is 0 Å². The van der Waals surface area contributed by atoms with Gasteiger partial charge < -0.3 is 13.7 Å². The number of nitrogens with zero attached hydrogens (tertiary/aromatic N) is 1. The lowest BCUT2D eigenvalue weighted by molar-refractivity contribution is -0.0500. The van der Waals surface area contributed by atoms with Crippen molar-refractivity contribution in [2.24, 2.45) is 0 Å². The van der Waals surface area contributed by atoms with Crippen molar-refractivity contribution in [3.63, 3.8) is 0 Å². The van der Waals surface area contributed by atoms with Gasteiger partial charge in [0, 0.05) is 5.39 Å². The summed E-state index contributed by atoms with van der Waals surface area (Å²) < 4.78 is 75.9. The summed E-state index contributed by atoms with van der Waals surface area (Å²) in [6.45, 7) is 4.58. The number of carbonyl (C=O) groups is 2. The van der Waals surface area contributed by atoms with Crippen LogP contribution >= 0.6 is 0 Å². The van der Waals surface area contributed by atoms with Crippen molar-refractivity contribution in [1.82, 2.24) is 4.57 Å². The average molecular weight is 423 g/mol. The van der Waals surface area contributed by atoms with Crippen molar-refractivity contribution in [2.75, 3.05) is 7.11 Å². The number of ether oxygens (including phenoxy) is 2. The van der Waals surface area contributed by atoms with Gasteiger partial charge in [-0.3, -0.25) is 0 Å². The van der Waals surface area contributed by atoms with Crippen LogP contribution in [0.1, 0.15) is 31.3 Å². The second-order valence-corrected chi connectivity index (χ2v) is 8.02. The van der Waals surface area contributed by atoms with Gasteiger partial charge in [-0.2, -0.15) is 21.6 Å². The van der Waals surface area contributed by atoms with E-state index in [1.807, 2.05) is 0 Å². The third-order valence-corrected chi connectivity index (χ3v) is 4.21.